The number of nitrogens with one attached hydrogen (secondary N) is 1. The van der Waals surface area contributed by atoms with Crippen molar-refractivity contribution in [2.75, 3.05) is 11.9 Å². The lowest BCUT2D eigenvalue weighted by molar-refractivity contribution is -0.384. The van der Waals surface area contributed by atoms with Gasteiger partial charge < -0.3 is 10.2 Å². The summed E-state index contributed by atoms with van der Waals surface area (Å²) in [4.78, 5) is 41.8. The van der Waals surface area contributed by atoms with Crippen LogP contribution >= 0.6 is 11.8 Å². The second-order valence-electron chi connectivity index (χ2n) is 6.43. The van der Waals surface area contributed by atoms with Gasteiger partial charge in [-0.25, -0.2) is 9.38 Å². The van der Waals surface area contributed by atoms with Crippen LogP contribution in [0.5, 0.6) is 0 Å². The zero-order chi connectivity index (χ0) is 20.9. The zero-order valence-electron chi connectivity index (χ0n) is 15.2. The molecule has 0 saturated carbocycles. The number of anilines is 1. The molecule has 8 nitrogen and oxygen atoms in total. The van der Waals surface area contributed by atoms with Gasteiger partial charge in [-0.2, -0.15) is 0 Å². The lowest BCUT2D eigenvalue weighted by Gasteiger charge is -2.11. The second kappa shape index (κ2) is 6.82. The predicted octanol–water partition coefficient (Wildman–Crippen LogP) is 3.28. The highest BCUT2D eigenvalue weighted by Crippen LogP contribution is 2.45. The molecule has 0 spiro atoms. The van der Waals surface area contributed by atoms with E-state index in [2.05, 4.69) is 10.3 Å². The third-order valence-corrected chi connectivity index (χ3v) is 5.51. The Bertz CT molecular complexity index is 1160. The molecule has 2 aromatic rings. The topological polar surface area (TPSA) is 105 Å². The highest BCUT2D eigenvalue weighted by molar-refractivity contribution is 8.18. The van der Waals surface area contributed by atoms with Crippen molar-refractivity contribution in [2.45, 2.75) is 6.92 Å². The Balaban J connectivity index is 1.82. The number of amidine groups is 1. The SMILES string of the molecule is Cc1cc([N+](=O)[O-])cc2c1N(C)C(=O)C2=C1SC(=Nc2ccc(F)cc2)NC1=O. The highest BCUT2D eigenvalue weighted by Gasteiger charge is 2.39. The Hall–Kier alpha value is -3.53. The maximum Gasteiger partial charge on any atom is 0.270 e. The van der Waals surface area contributed by atoms with Gasteiger partial charge in [0.2, 0.25) is 0 Å². The van der Waals surface area contributed by atoms with Crippen LogP contribution in [0, 0.1) is 22.9 Å². The largest absolute Gasteiger partial charge is 0.310 e. The second-order valence-corrected chi connectivity index (χ2v) is 7.43. The number of thioether (sulfide) groups is 1. The summed E-state index contributed by atoms with van der Waals surface area (Å²) in [6.07, 6.45) is 0. The number of nitro groups is 1. The quantitative estimate of drug-likeness (QED) is 0.463. The van der Waals surface area contributed by atoms with Gasteiger partial charge in [-0.15, -0.1) is 0 Å². The molecule has 0 radical (unpaired) electrons. The average molecular weight is 412 g/mol. The highest BCUT2D eigenvalue weighted by atomic mass is 32.2. The minimum Gasteiger partial charge on any atom is -0.310 e. The van der Waals surface area contributed by atoms with Crippen LogP contribution in [-0.4, -0.2) is 29.0 Å². The molecule has 29 heavy (non-hydrogen) atoms. The summed E-state index contributed by atoms with van der Waals surface area (Å²) in [6, 6.07) is 8.09. The molecule has 2 aromatic carbocycles. The molecule has 1 N–H and O–H groups in total. The van der Waals surface area contributed by atoms with Crippen molar-refractivity contribution < 1.29 is 18.9 Å². The normalized spacial score (nSPS) is 19.7. The van der Waals surface area contributed by atoms with Gasteiger partial charge in [-0.05, 0) is 48.5 Å². The Kier molecular flexibility index (Phi) is 4.42. The summed E-state index contributed by atoms with van der Waals surface area (Å²) in [5.41, 5.74) is 1.80. The van der Waals surface area contributed by atoms with E-state index in [1.165, 1.54) is 41.3 Å². The molecule has 0 aromatic heterocycles. The van der Waals surface area contributed by atoms with E-state index in [4.69, 9.17) is 0 Å². The smallest absolute Gasteiger partial charge is 0.270 e. The van der Waals surface area contributed by atoms with Gasteiger partial charge in [0, 0.05) is 24.7 Å². The van der Waals surface area contributed by atoms with E-state index in [9.17, 15) is 24.1 Å². The molecule has 2 heterocycles. The van der Waals surface area contributed by atoms with Crippen LogP contribution in [0.4, 0.5) is 21.5 Å². The number of fused-ring (bicyclic) bond motifs is 1. The van der Waals surface area contributed by atoms with Crippen molar-refractivity contribution >= 4 is 51.4 Å². The minimum absolute atomic E-state index is 0.0982. The number of hydrogen-bond acceptors (Lipinski definition) is 6. The molecule has 0 aliphatic carbocycles. The lowest BCUT2D eigenvalue weighted by Crippen LogP contribution is -2.23. The lowest BCUT2D eigenvalue weighted by atomic mass is 10.0. The number of hydrogen-bond donors (Lipinski definition) is 1. The van der Waals surface area contributed by atoms with E-state index in [1.54, 1.807) is 14.0 Å². The molecule has 4 rings (SSSR count). The fraction of sp³-hybridized carbons (Fsp3) is 0.105. The number of carbonyl (C=O) groups is 2. The summed E-state index contributed by atoms with van der Waals surface area (Å²) in [7, 11) is 1.55. The molecular weight excluding hydrogens is 399 g/mol. The third kappa shape index (κ3) is 3.17. The predicted molar refractivity (Wildman–Crippen MR) is 107 cm³/mol. The van der Waals surface area contributed by atoms with Crippen molar-refractivity contribution in [3.05, 3.63) is 68.4 Å². The van der Waals surface area contributed by atoms with Crippen LogP contribution < -0.4 is 10.2 Å². The van der Waals surface area contributed by atoms with E-state index >= 15 is 0 Å². The van der Waals surface area contributed by atoms with Crippen molar-refractivity contribution in [1.29, 1.82) is 0 Å². The molecule has 0 atom stereocenters. The molecule has 146 valence electrons. The Morgan fingerprint density at radius 2 is 1.90 bits per heavy atom. The van der Waals surface area contributed by atoms with Gasteiger partial charge in [0.25, 0.3) is 17.5 Å². The van der Waals surface area contributed by atoms with Gasteiger partial charge in [0.1, 0.15) is 5.82 Å². The first-order valence-corrected chi connectivity index (χ1v) is 9.23. The monoisotopic (exact) mass is 412 g/mol. The van der Waals surface area contributed by atoms with Crippen molar-refractivity contribution in [3.8, 4) is 0 Å². The number of likely N-dealkylation sites (N-methyl/N-ethyl adjacent to an activating group) is 1. The van der Waals surface area contributed by atoms with Crippen molar-refractivity contribution in [1.82, 2.24) is 5.32 Å². The molecule has 2 amide bonds. The maximum atomic E-state index is 13.1. The van der Waals surface area contributed by atoms with E-state index in [-0.39, 0.29) is 21.3 Å². The van der Waals surface area contributed by atoms with E-state index < -0.39 is 22.6 Å². The molecule has 10 heteroatoms. The van der Waals surface area contributed by atoms with Crippen molar-refractivity contribution in [2.24, 2.45) is 4.99 Å². The summed E-state index contributed by atoms with van der Waals surface area (Å²) in [5, 5.41) is 14.1. The molecular formula is C19H13FN4O4S. The number of rotatable bonds is 2. The summed E-state index contributed by atoms with van der Waals surface area (Å²) in [6.45, 7) is 1.67. The molecule has 1 saturated heterocycles. The number of nitrogens with zero attached hydrogens (tertiary/aromatic N) is 3. The van der Waals surface area contributed by atoms with E-state index in [1.807, 2.05) is 0 Å². The maximum absolute atomic E-state index is 13.1. The van der Waals surface area contributed by atoms with Gasteiger partial charge in [-0.1, -0.05) is 0 Å². The van der Waals surface area contributed by atoms with Crippen LogP contribution in [0.25, 0.3) is 5.57 Å². The van der Waals surface area contributed by atoms with E-state index in [0.29, 0.717) is 22.5 Å². The van der Waals surface area contributed by atoms with Gasteiger partial charge in [0.15, 0.2) is 5.17 Å². The zero-order valence-corrected chi connectivity index (χ0v) is 16.0. The Morgan fingerprint density at radius 3 is 2.55 bits per heavy atom. The summed E-state index contributed by atoms with van der Waals surface area (Å²) in [5.74, 6) is -1.36. The number of halogens is 1. The van der Waals surface area contributed by atoms with Crippen LogP contribution in [0.1, 0.15) is 11.1 Å². The first-order valence-electron chi connectivity index (χ1n) is 8.41. The number of benzene rings is 2. The van der Waals surface area contributed by atoms with Gasteiger partial charge >= 0.3 is 0 Å². The minimum atomic E-state index is -0.540. The number of amides is 2. The van der Waals surface area contributed by atoms with Crippen LogP contribution in [0.15, 0.2) is 46.3 Å². The number of aryl methyl sites for hydroxylation is 1. The number of carbonyl (C=O) groups excluding carboxylic acids is 2. The average Bonchev–Trinajstić information content (AvgIpc) is 3.14. The molecule has 0 bridgehead atoms. The van der Waals surface area contributed by atoms with Crippen molar-refractivity contribution in [3.63, 3.8) is 0 Å². The first-order chi connectivity index (χ1) is 13.8. The number of aliphatic imine (C=N–C) groups is 1. The van der Waals surface area contributed by atoms with E-state index in [0.717, 1.165) is 11.8 Å². The Labute approximate surface area is 168 Å². The summed E-state index contributed by atoms with van der Waals surface area (Å²) >= 11 is 0.962. The van der Waals surface area contributed by atoms with Crippen LogP contribution in [-0.2, 0) is 9.59 Å². The molecule has 1 fully saturated rings. The summed E-state index contributed by atoms with van der Waals surface area (Å²) < 4.78 is 13.1. The first kappa shape index (κ1) is 18.8. The Morgan fingerprint density at radius 1 is 1.21 bits per heavy atom. The third-order valence-electron chi connectivity index (χ3n) is 4.53. The fourth-order valence-corrected chi connectivity index (χ4v) is 4.21. The van der Waals surface area contributed by atoms with Crippen LogP contribution in [0.3, 0.4) is 0 Å². The standard InChI is InChI=1S/C19H13FN4O4S/c1-9-7-12(24(27)28)8-13-14(18(26)23(2)15(9)13)16-17(25)22-19(29-16)21-11-5-3-10(20)4-6-11/h3-8H,1-2H3,(H,21,22,25). The molecule has 0 unspecified atom stereocenters. The van der Waals surface area contributed by atoms with Gasteiger partial charge in [-0.3, -0.25) is 19.7 Å². The van der Waals surface area contributed by atoms with Gasteiger partial charge in [0.05, 0.1) is 26.8 Å². The number of non-ortho nitro benzene ring substituents is 1. The fourth-order valence-electron chi connectivity index (χ4n) is 3.28. The van der Waals surface area contributed by atoms with Crippen LogP contribution in [0.2, 0.25) is 0 Å². The molecule has 2 aliphatic heterocycles. The number of nitro benzene ring substituents is 1. The molecule has 2 aliphatic rings.